The third-order valence-corrected chi connectivity index (χ3v) is 4.24. The van der Waals surface area contributed by atoms with E-state index in [9.17, 15) is 4.79 Å². The van der Waals surface area contributed by atoms with Gasteiger partial charge in [0.2, 0.25) is 5.91 Å². The first-order chi connectivity index (χ1) is 8.75. The van der Waals surface area contributed by atoms with Gasteiger partial charge in [0.1, 0.15) is 0 Å². The largest absolute Gasteiger partial charge is 0.341 e. The van der Waals surface area contributed by atoms with Gasteiger partial charge in [0.25, 0.3) is 0 Å². The van der Waals surface area contributed by atoms with Gasteiger partial charge in [0.05, 0.1) is 0 Å². The standard InChI is InChI=1S/C14H20N2OS.ClH/c1-16(10-12-5-3-2-4-6-12)14(17)9-13-11-18-8-7-15-13;/h2-6,13,15H,7-11H2,1H3;1H. The van der Waals surface area contributed by atoms with Crippen LogP contribution in [0, 0.1) is 0 Å². The molecule has 1 N–H and O–H groups in total. The van der Waals surface area contributed by atoms with Crippen LogP contribution < -0.4 is 5.32 Å². The Morgan fingerprint density at radius 3 is 2.79 bits per heavy atom. The summed E-state index contributed by atoms with van der Waals surface area (Å²) in [4.78, 5) is 13.9. The molecule has 0 spiro atoms. The van der Waals surface area contributed by atoms with Gasteiger partial charge in [-0.25, -0.2) is 0 Å². The third-order valence-electron chi connectivity index (χ3n) is 3.11. The van der Waals surface area contributed by atoms with E-state index in [2.05, 4.69) is 17.4 Å². The van der Waals surface area contributed by atoms with Gasteiger partial charge in [-0.1, -0.05) is 30.3 Å². The van der Waals surface area contributed by atoms with Gasteiger partial charge in [-0.3, -0.25) is 4.79 Å². The Labute approximate surface area is 125 Å². The van der Waals surface area contributed by atoms with Crippen LogP contribution in [0.25, 0.3) is 0 Å². The molecule has 1 heterocycles. The normalized spacial score (nSPS) is 18.5. The SMILES string of the molecule is CN(Cc1ccccc1)C(=O)CC1CSCCN1.Cl. The first-order valence-corrected chi connectivity index (χ1v) is 7.50. The molecule has 1 aromatic carbocycles. The van der Waals surface area contributed by atoms with Crippen molar-refractivity contribution in [3.63, 3.8) is 0 Å². The van der Waals surface area contributed by atoms with Crippen molar-refractivity contribution in [1.82, 2.24) is 10.2 Å². The smallest absolute Gasteiger partial charge is 0.224 e. The highest BCUT2D eigenvalue weighted by Crippen LogP contribution is 2.12. The summed E-state index contributed by atoms with van der Waals surface area (Å²) < 4.78 is 0. The number of hydrogen-bond donors (Lipinski definition) is 1. The summed E-state index contributed by atoms with van der Waals surface area (Å²) in [5.74, 6) is 2.42. The van der Waals surface area contributed by atoms with Gasteiger partial charge >= 0.3 is 0 Å². The zero-order valence-corrected chi connectivity index (χ0v) is 12.8. The fourth-order valence-corrected chi connectivity index (χ4v) is 3.01. The van der Waals surface area contributed by atoms with Crippen LogP contribution in [0.4, 0.5) is 0 Å². The molecule has 19 heavy (non-hydrogen) atoms. The van der Waals surface area contributed by atoms with Crippen molar-refractivity contribution in [3.8, 4) is 0 Å². The lowest BCUT2D eigenvalue weighted by Gasteiger charge is -2.25. The Morgan fingerprint density at radius 1 is 1.42 bits per heavy atom. The Bertz CT molecular complexity index is 382. The van der Waals surface area contributed by atoms with Gasteiger partial charge in [0, 0.05) is 44.1 Å². The van der Waals surface area contributed by atoms with E-state index in [0.717, 1.165) is 18.1 Å². The monoisotopic (exact) mass is 300 g/mol. The topological polar surface area (TPSA) is 32.3 Å². The molecule has 1 atom stereocenters. The van der Waals surface area contributed by atoms with Crippen LogP contribution in [0.2, 0.25) is 0 Å². The van der Waals surface area contributed by atoms with Crippen LogP contribution in [0.1, 0.15) is 12.0 Å². The molecule has 0 saturated carbocycles. The number of carbonyl (C=O) groups is 1. The van der Waals surface area contributed by atoms with Gasteiger partial charge < -0.3 is 10.2 Å². The van der Waals surface area contributed by atoms with Crippen LogP contribution in [-0.4, -0.2) is 41.9 Å². The van der Waals surface area contributed by atoms with E-state index < -0.39 is 0 Å². The van der Waals surface area contributed by atoms with E-state index in [1.54, 1.807) is 0 Å². The molecule has 1 aliphatic rings. The molecule has 5 heteroatoms. The number of nitrogens with zero attached hydrogens (tertiary/aromatic N) is 1. The Balaban J connectivity index is 0.00000180. The third kappa shape index (κ3) is 5.43. The zero-order valence-electron chi connectivity index (χ0n) is 11.2. The van der Waals surface area contributed by atoms with Crippen molar-refractivity contribution in [3.05, 3.63) is 35.9 Å². The maximum Gasteiger partial charge on any atom is 0.224 e. The lowest BCUT2D eigenvalue weighted by Crippen LogP contribution is -2.41. The van der Waals surface area contributed by atoms with Crippen molar-refractivity contribution >= 4 is 30.1 Å². The minimum Gasteiger partial charge on any atom is -0.341 e. The van der Waals surface area contributed by atoms with Gasteiger partial charge in [-0.05, 0) is 5.56 Å². The molecule has 0 radical (unpaired) electrons. The van der Waals surface area contributed by atoms with Crippen LogP contribution >= 0.6 is 24.2 Å². The Kier molecular flexibility index (Phi) is 7.28. The second-order valence-corrected chi connectivity index (χ2v) is 5.82. The number of halogens is 1. The number of hydrogen-bond acceptors (Lipinski definition) is 3. The average Bonchev–Trinajstić information content (AvgIpc) is 2.41. The molecule has 1 fully saturated rings. The molecule has 1 amide bonds. The summed E-state index contributed by atoms with van der Waals surface area (Å²) in [6, 6.07) is 10.5. The highest BCUT2D eigenvalue weighted by molar-refractivity contribution is 7.99. The molecule has 106 valence electrons. The minimum atomic E-state index is 0. The summed E-state index contributed by atoms with van der Waals surface area (Å²) in [5.41, 5.74) is 1.18. The van der Waals surface area contributed by atoms with Crippen LogP contribution in [0.5, 0.6) is 0 Å². The summed E-state index contributed by atoms with van der Waals surface area (Å²) in [7, 11) is 1.88. The predicted molar refractivity (Wildman–Crippen MR) is 83.9 cm³/mol. The van der Waals surface area contributed by atoms with Crippen LogP contribution in [0.3, 0.4) is 0 Å². The number of nitrogens with one attached hydrogen (secondary N) is 1. The van der Waals surface area contributed by atoms with E-state index in [-0.39, 0.29) is 18.3 Å². The number of thioether (sulfide) groups is 1. The van der Waals surface area contributed by atoms with Gasteiger partial charge in [0.15, 0.2) is 0 Å². The molecule has 1 unspecified atom stereocenters. The lowest BCUT2D eigenvalue weighted by molar-refractivity contribution is -0.130. The van der Waals surface area contributed by atoms with Crippen LogP contribution in [0.15, 0.2) is 30.3 Å². The number of amides is 1. The van der Waals surface area contributed by atoms with Crippen molar-refractivity contribution < 1.29 is 4.79 Å². The second-order valence-electron chi connectivity index (χ2n) is 4.67. The highest BCUT2D eigenvalue weighted by Gasteiger charge is 2.18. The Hall–Kier alpha value is -0.710. The summed E-state index contributed by atoms with van der Waals surface area (Å²) in [6.07, 6.45) is 0.607. The molecule has 1 aromatic rings. The molecule has 2 rings (SSSR count). The maximum absolute atomic E-state index is 12.1. The lowest BCUT2D eigenvalue weighted by atomic mass is 10.2. The molecule has 1 aliphatic heterocycles. The molecule has 0 bridgehead atoms. The minimum absolute atomic E-state index is 0. The Morgan fingerprint density at radius 2 is 2.16 bits per heavy atom. The van der Waals surface area contributed by atoms with Crippen molar-refractivity contribution in [1.29, 1.82) is 0 Å². The van der Waals surface area contributed by atoms with E-state index in [1.165, 1.54) is 5.56 Å². The van der Waals surface area contributed by atoms with E-state index >= 15 is 0 Å². The second kappa shape index (κ2) is 8.46. The van der Waals surface area contributed by atoms with Gasteiger partial charge in [-0.15, -0.1) is 12.4 Å². The average molecular weight is 301 g/mol. The van der Waals surface area contributed by atoms with E-state index in [1.807, 2.05) is 41.9 Å². The summed E-state index contributed by atoms with van der Waals surface area (Å²) in [5, 5.41) is 3.40. The molecule has 0 aromatic heterocycles. The fourth-order valence-electron chi connectivity index (χ4n) is 2.06. The van der Waals surface area contributed by atoms with Gasteiger partial charge in [-0.2, -0.15) is 11.8 Å². The summed E-state index contributed by atoms with van der Waals surface area (Å²) >= 11 is 1.93. The fraction of sp³-hybridized carbons (Fsp3) is 0.500. The molecule has 1 saturated heterocycles. The van der Waals surface area contributed by atoms with Crippen LogP contribution in [-0.2, 0) is 11.3 Å². The summed E-state index contributed by atoms with van der Waals surface area (Å²) in [6.45, 7) is 1.71. The predicted octanol–water partition coefficient (Wildman–Crippen LogP) is 2.16. The van der Waals surface area contributed by atoms with Crippen molar-refractivity contribution in [2.24, 2.45) is 0 Å². The molecule has 0 aliphatic carbocycles. The molecule has 3 nitrogen and oxygen atoms in total. The van der Waals surface area contributed by atoms with E-state index in [4.69, 9.17) is 0 Å². The van der Waals surface area contributed by atoms with Crippen molar-refractivity contribution in [2.75, 3.05) is 25.1 Å². The number of carbonyl (C=O) groups excluding carboxylic acids is 1. The molecular weight excluding hydrogens is 280 g/mol. The number of benzene rings is 1. The number of rotatable bonds is 4. The quantitative estimate of drug-likeness (QED) is 0.925. The van der Waals surface area contributed by atoms with E-state index in [0.29, 0.717) is 19.0 Å². The first kappa shape index (κ1) is 16.3. The highest BCUT2D eigenvalue weighted by atomic mass is 35.5. The zero-order chi connectivity index (χ0) is 12.8. The van der Waals surface area contributed by atoms with Crippen molar-refractivity contribution in [2.45, 2.75) is 19.0 Å². The molecular formula is C14H21ClN2OS. The maximum atomic E-state index is 12.1. The first-order valence-electron chi connectivity index (χ1n) is 6.35.